The monoisotopic (exact) mass is 405 g/mol. The van der Waals surface area contributed by atoms with Gasteiger partial charge in [0.2, 0.25) is 11.8 Å². The minimum Gasteiger partial charge on any atom is -0.493 e. The topological polar surface area (TPSA) is 98.0 Å². The van der Waals surface area contributed by atoms with Crippen molar-refractivity contribution in [2.24, 2.45) is 0 Å². The molecule has 140 valence electrons. The van der Waals surface area contributed by atoms with Gasteiger partial charge in [0.05, 0.1) is 12.1 Å². The molecule has 0 atom stereocenters. The van der Waals surface area contributed by atoms with E-state index in [0.29, 0.717) is 23.0 Å². The maximum Gasteiger partial charge on any atom is 0.325 e. The number of imidazole rings is 1. The molecule has 3 rings (SSSR count). The number of rotatable bonds is 6. The Morgan fingerprint density at radius 2 is 1.67 bits per heavy atom. The highest BCUT2D eigenvalue weighted by atomic mass is 35.5. The van der Waals surface area contributed by atoms with Gasteiger partial charge >= 0.3 is 5.69 Å². The van der Waals surface area contributed by atoms with Gasteiger partial charge in [0, 0.05) is 16.6 Å². The number of amides is 1. The lowest BCUT2D eigenvalue weighted by Gasteiger charge is -2.07. The third kappa shape index (κ3) is 5.15. The average molecular weight is 406 g/mol. The lowest BCUT2D eigenvalue weighted by Crippen LogP contribution is -2.27. The highest BCUT2D eigenvalue weighted by Crippen LogP contribution is 2.27. The molecule has 8 heteroatoms. The molecule has 0 saturated heterocycles. The molecule has 0 spiro atoms. The zero-order chi connectivity index (χ0) is 19.4. The fourth-order valence-electron chi connectivity index (χ4n) is 2.69. The van der Waals surface area contributed by atoms with Crippen molar-refractivity contribution >= 4 is 29.1 Å². The molecule has 27 heavy (non-hydrogen) atoms. The van der Waals surface area contributed by atoms with Gasteiger partial charge in [-0.25, -0.2) is 4.79 Å². The van der Waals surface area contributed by atoms with Gasteiger partial charge in [-0.2, -0.15) is 0 Å². The molecule has 0 radical (unpaired) electrons. The Bertz CT molecular complexity index is 990. The largest absolute Gasteiger partial charge is 0.493 e. The van der Waals surface area contributed by atoms with Gasteiger partial charge in [0.1, 0.15) is 0 Å². The molecular formula is C19H17Cl2N3O3. The number of carbonyl (C=O) groups is 1. The van der Waals surface area contributed by atoms with Crippen LogP contribution < -0.4 is 11.0 Å². The number of benzene rings is 2. The second kappa shape index (κ2) is 8.33. The average Bonchev–Trinajstić information content (AvgIpc) is 2.91. The second-order valence-electron chi connectivity index (χ2n) is 6.04. The molecule has 4 N–H and O–H groups in total. The maximum atomic E-state index is 11.9. The van der Waals surface area contributed by atoms with Crippen molar-refractivity contribution < 1.29 is 9.90 Å². The third-order valence-electron chi connectivity index (χ3n) is 4.01. The number of hydrogen-bond donors (Lipinski definition) is 4. The highest BCUT2D eigenvalue weighted by Gasteiger charge is 2.10. The molecule has 6 nitrogen and oxygen atoms in total. The van der Waals surface area contributed by atoms with Gasteiger partial charge in [-0.3, -0.25) is 9.78 Å². The molecule has 2 aromatic carbocycles. The van der Waals surface area contributed by atoms with E-state index in [9.17, 15) is 14.7 Å². The van der Waals surface area contributed by atoms with Crippen LogP contribution in [0.5, 0.6) is 5.88 Å². The highest BCUT2D eigenvalue weighted by molar-refractivity contribution is 6.35. The Balaban J connectivity index is 1.53. The second-order valence-corrected chi connectivity index (χ2v) is 6.91. The van der Waals surface area contributed by atoms with Crippen LogP contribution in [-0.2, 0) is 17.6 Å². The third-order valence-corrected chi connectivity index (χ3v) is 4.44. The van der Waals surface area contributed by atoms with Crippen molar-refractivity contribution in [1.29, 1.82) is 0 Å². The summed E-state index contributed by atoms with van der Waals surface area (Å²) in [5.41, 5.74) is 2.62. The number of nitrogens with one attached hydrogen (secondary N) is 3. The number of H-pyrrole nitrogens is 2. The molecule has 1 amide bonds. The molecule has 0 aliphatic rings. The Morgan fingerprint density at radius 1 is 1.00 bits per heavy atom. The molecule has 0 saturated carbocycles. The van der Waals surface area contributed by atoms with E-state index in [-0.39, 0.29) is 23.9 Å². The van der Waals surface area contributed by atoms with E-state index in [2.05, 4.69) is 15.3 Å². The molecule has 0 unspecified atom stereocenters. The van der Waals surface area contributed by atoms with Gasteiger partial charge in [0.25, 0.3) is 0 Å². The standard InChI is InChI=1S/C19H17Cl2N3O3/c20-14-7-13(8-15(21)9-14)12-3-1-11(2-4-12)5-6-22-17(25)10-16-18(26)24-19(27)23-16/h1-4,7-9,26H,5-6,10H2,(H,22,25)(H2,23,24,27). The molecule has 3 aromatic rings. The summed E-state index contributed by atoms with van der Waals surface area (Å²) in [7, 11) is 0. The summed E-state index contributed by atoms with van der Waals surface area (Å²) in [6.45, 7) is 0.441. The summed E-state index contributed by atoms with van der Waals surface area (Å²) in [5.74, 6) is -0.599. The SMILES string of the molecule is O=C(Cc1[nH]c(=O)[nH]c1O)NCCc1ccc(-c2cc(Cl)cc(Cl)c2)cc1. The summed E-state index contributed by atoms with van der Waals surface area (Å²) in [6.07, 6.45) is 0.553. The van der Waals surface area contributed by atoms with Crippen LogP contribution in [0.3, 0.4) is 0 Å². The summed E-state index contributed by atoms with van der Waals surface area (Å²) >= 11 is 12.1. The van der Waals surface area contributed by atoms with Crippen LogP contribution in [0.15, 0.2) is 47.3 Å². The van der Waals surface area contributed by atoms with Crippen molar-refractivity contribution in [3.63, 3.8) is 0 Å². The van der Waals surface area contributed by atoms with Crippen LogP contribution in [0.4, 0.5) is 0 Å². The van der Waals surface area contributed by atoms with Crippen LogP contribution in [0.2, 0.25) is 10.0 Å². The van der Waals surface area contributed by atoms with Crippen LogP contribution in [0.1, 0.15) is 11.3 Å². The fourth-order valence-corrected chi connectivity index (χ4v) is 3.22. The lowest BCUT2D eigenvalue weighted by molar-refractivity contribution is -0.120. The van der Waals surface area contributed by atoms with Gasteiger partial charge in [-0.05, 0) is 41.3 Å². The van der Waals surface area contributed by atoms with Crippen molar-refractivity contribution in [2.45, 2.75) is 12.8 Å². The first-order valence-corrected chi connectivity index (χ1v) is 8.98. The molecular weight excluding hydrogens is 389 g/mol. The van der Waals surface area contributed by atoms with Gasteiger partial charge in [0.15, 0.2) is 0 Å². The first-order chi connectivity index (χ1) is 12.9. The first kappa shape index (κ1) is 19.1. The van der Waals surface area contributed by atoms with E-state index < -0.39 is 5.69 Å². The number of hydrogen-bond acceptors (Lipinski definition) is 3. The zero-order valence-corrected chi connectivity index (χ0v) is 15.7. The van der Waals surface area contributed by atoms with Gasteiger partial charge in [-0.15, -0.1) is 0 Å². The minimum absolute atomic E-state index is 0.0982. The molecule has 1 aromatic heterocycles. The van der Waals surface area contributed by atoms with Crippen molar-refractivity contribution in [3.05, 3.63) is 74.3 Å². The summed E-state index contributed by atoms with van der Waals surface area (Å²) in [6, 6.07) is 13.3. The summed E-state index contributed by atoms with van der Waals surface area (Å²) in [4.78, 5) is 27.5. The molecule has 0 aliphatic heterocycles. The number of halogens is 2. The van der Waals surface area contributed by atoms with Crippen molar-refractivity contribution in [1.82, 2.24) is 15.3 Å². The fraction of sp³-hybridized carbons (Fsp3) is 0.158. The van der Waals surface area contributed by atoms with E-state index in [4.69, 9.17) is 23.2 Å². The van der Waals surface area contributed by atoms with E-state index in [1.54, 1.807) is 6.07 Å². The molecule has 0 fully saturated rings. The predicted molar refractivity (Wildman–Crippen MR) is 105 cm³/mol. The maximum absolute atomic E-state index is 11.9. The number of aromatic amines is 2. The van der Waals surface area contributed by atoms with Gasteiger partial charge < -0.3 is 15.4 Å². The normalized spacial score (nSPS) is 10.7. The first-order valence-electron chi connectivity index (χ1n) is 8.23. The van der Waals surface area contributed by atoms with Crippen LogP contribution in [-0.4, -0.2) is 27.5 Å². The van der Waals surface area contributed by atoms with Crippen molar-refractivity contribution in [3.8, 4) is 17.0 Å². The molecule has 0 bridgehead atoms. The summed E-state index contributed by atoms with van der Waals surface area (Å²) in [5, 5.41) is 13.4. The van der Waals surface area contributed by atoms with Crippen molar-refractivity contribution in [2.75, 3.05) is 6.54 Å². The number of aromatic nitrogens is 2. The Morgan fingerprint density at radius 3 is 2.26 bits per heavy atom. The Hall–Kier alpha value is -2.70. The number of aromatic hydroxyl groups is 1. The Kier molecular flexibility index (Phi) is 5.88. The zero-order valence-electron chi connectivity index (χ0n) is 14.2. The summed E-state index contributed by atoms with van der Waals surface area (Å²) < 4.78 is 0. The molecule has 0 aliphatic carbocycles. The Labute approximate surface area is 165 Å². The van der Waals surface area contributed by atoms with E-state index >= 15 is 0 Å². The van der Waals surface area contributed by atoms with Crippen LogP contribution >= 0.6 is 23.2 Å². The van der Waals surface area contributed by atoms with E-state index in [1.807, 2.05) is 36.4 Å². The number of carbonyl (C=O) groups excluding carboxylic acids is 1. The van der Waals surface area contributed by atoms with Crippen LogP contribution in [0.25, 0.3) is 11.1 Å². The quantitative estimate of drug-likeness (QED) is 0.506. The van der Waals surface area contributed by atoms with Gasteiger partial charge in [-0.1, -0.05) is 47.5 Å². The van der Waals surface area contributed by atoms with E-state index in [1.165, 1.54) is 0 Å². The van der Waals surface area contributed by atoms with E-state index in [0.717, 1.165) is 16.7 Å². The molecule has 1 heterocycles. The minimum atomic E-state index is -0.545. The van der Waals surface area contributed by atoms with Crippen LogP contribution in [0, 0.1) is 0 Å². The lowest BCUT2D eigenvalue weighted by atomic mass is 10.0. The smallest absolute Gasteiger partial charge is 0.325 e. The predicted octanol–water partition coefficient (Wildman–Crippen LogP) is 3.28.